The number of nitrogens with one attached hydrogen (secondary N) is 2. The summed E-state index contributed by atoms with van der Waals surface area (Å²) < 4.78 is 5.03. The van der Waals surface area contributed by atoms with Crippen LogP contribution in [-0.2, 0) is 4.74 Å². The number of aromatic nitrogens is 3. The average Bonchev–Trinajstić information content (AvgIpc) is 2.59. The first-order valence-corrected chi connectivity index (χ1v) is 8.57. The van der Waals surface area contributed by atoms with Crippen LogP contribution in [0.25, 0.3) is 0 Å². The molecule has 0 radical (unpaired) electrons. The molecule has 2 rings (SSSR count). The molecule has 2 heterocycles. The van der Waals surface area contributed by atoms with E-state index >= 15 is 0 Å². The van der Waals surface area contributed by atoms with Gasteiger partial charge in [0.05, 0.1) is 13.2 Å². The molecule has 1 saturated heterocycles. The zero-order valence-corrected chi connectivity index (χ0v) is 15.0. The van der Waals surface area contributed by atoms with Crippen LogP contribution in [0.15, 0.2) is 0 Å². The predicted octanol–water partition coefficient (Wildman–Crippen LogP) is 0.375. The van der Waals surface area contributed by atoms with Crippen molar-refractivity contribution in [1.82, 2.24) is 19.9 Å². The van der Waals surface area contributed by atoms with E-state index in [-0.39, 0.29) is 18.7 Å². The minimum Gasteiger partial charge on any atom is -0.450 e. The fraction of sp³-hybridized carbons (Fsp3) is 0.733. The molecule has 0 atom stereocenters. The molecule has 0 spiro atoms. The molecular weight excluding hydrogens is 326 g/mol. The van der Waals surface area contributed by atoms with E-state index < -0.39 is 0 Å². The Morgan fingerprint density at radius 3 is 2.48 bits per heavy atom. The van der Waals surface area contributed by atoms with Gasteiger partial charge in [-0.3, -0.25) is 0 Å². The topological polar surface area (TPSA) is 116 Å². The van der Waals surface area contributed by atoms with Crippen LogP contribution in [0.3, 0.4) is 0 Å². The highest BCUT2D eigenvalue weighted by Gasteiger charge is 2.24. The first-order chi connectivity index (χ1) is 12.0. The van der Waals surface area contributed by atoms with Crippen molar-refractivity contribution in [1.29, 1.82) is 0 Å². The second-order valence-electron chi connectivity index (χ2n) is 5.91. The highest BCUT2D eigenvalue weighted by molar-refractivity contribution is 5.68. The summed E-state index contributed by atoms with van der Waals surface area (Å²) in [4.78, 5) is 28.7. The molecule has 0 aliphatic carbocycles. The summed E-state index contributed by atoms with van der Waals surface area (Å²) in [5, 5.41) is 15.1. The molecule has 0 unspecified atom stereocenters. The van der Waals surface area contributed by atoms with Crippen LogP contribution in [0, 0.1) is 0 Å². The molecular formula is C15H27N7O3. The molecule has 1 aliphatic heterocycles. The molecule has 0 saturated carbocycles. The number of hydrogen-bond acceptors (Lipinski definition) is 9. The number of hydrogen-bond donors (Lipinski definition) is 3. The predicted molar refractivity (Wildman–Crippen MR) is 95.0 cm³/mol. The summed E-state index contributed by atoms with van der Waals surface area (Å²) in [6.07, 6.45) is -0.287. The molecule has 0 bridgehead atoms. The normalized spacial score (nSPS) is 14.6. The van der Waals surface area contributed by atoms with E-state index in [2.05, 4.69) is 25.6 Å². The van der Waals surface area contributed by atoms with E-state index in [4.69, 9.17) is 9.84 Å². The molecule has 1 aliphatic rings. The van der Waals surface area contributed by atoms with Crippen molar-refractivity contribution in [3.63, 3.8) is 0 Å². The van der Waals surface area contributed by atoms with Crippen LogP contribution in [0.4, 0.5) is 22.6 Å². The lowest BCUT2D eigenvalue weighted by atomic mass is 10.3. The number of nitrogens with zero attached hydrogens (tertiary/aromatic N) is 5. The zero-order chi connectivity index (χ0) is 18.2. The van der Waals surface area contributed by atoms with E-state index in [1.54, 1.807) is 11.8 Å². The Labute approximate surface area is 147 Å². The Kier molecular flexibility index (Phi) is 6.99. The number of aliphatic hydroxyl groups excluding tert-OH is 1. The molecule has 1 aromatic heterocycles. The standard InChI is InChI=1S/C15H27N7O3/c1-4-25-15(24)22-8-6-21(7-9-22)14-19-12(16-5-10-23)18-13(20-14)17-11(2)3/h11,23H,4-10H2,1-3H3,(H2,16,17,18,19,20). The first-order valence-electron chi connectivity index (χ1n) is 8.57. The van der Waals surface area contributed by atoms with Crippen molar-refractivity contribution in [3.05, 3.63) is 0 Å². The minimum atomic E-state index is -0.287. The van der Waals surface area contributed by atoms with Gasteiger partial charge in [-0.05, 0) is 20.8 Å². The van der Waals surface area contributed by atoms with Gasteiger partial charge in [-0.2, -0.15) is 15.0 Å². The Hall–Kier alpha value is -2.36. The number of amides is 1. The smallest absolute Gasteiger partial charge is 0.409 e. The third kappa shape index (κ3) is 5.59. The molecule has 25 heavy (non-hydrogen) atoms. The molecule has 0 aromatic carbocycles. The van der Waals surface area contributed by atoms with Crippen molar-refractivity contribution in [2.45, 2.75) is 26.8 Å². The Morgan fingerprint density at radius 1 is 1.20 bits per heavy atom. The van der Waals surface area contributed by atoms with Gasteiger partial charge < -0.3 is 30.3 Å². The molecule has 1 amide bonds. The van der Waals surface area contributed by atoms with Crippen LogP contribution in [0.5, 0.6) is 0 Å². The number of anilines is 3. The van der Waals surface area contributed by atoms with Crippen molar-refractivity contribution >= 4 is 23.9 Å². The summed E-state index contributed by atoms with van der Waals surface area (Å²) in [6, 6.07) is 0.182. The SMILES string of the molecule is CCOC(=O)N1CCN(c2nc(NCCO)nc(NC(C)C)n2)CC1. The fourth-order valence-corrected chi connectivity index (χ4v) is 2.38. The maximum absolute atomic E-state index is 11.8. The van der Waals surface area contributed by atoms with Crippen LogP contribution in [-0.4, -0.2) is 83.0 Å². The molecule has 1 aromatic rings. The van der Waals surface area contributed by atoms with Gasteiger partial charge in [0.25, 0.3) is 0 Å². The Bertz CT molecular complexity index is 562. The summed E-state index contributed by atoms with van der Waals surface area (Å²) >= 11 is 0. The second-order valence-corrected chi connectivity index (χ2v) is 5.91. The van der Waals surface area contributed by atoms with Gasteiger partial charge in [0.15, 0.2) is 0 Å². The third-order valence-corrected chi connectivity index (χ3v) is 3.52. The fourth-order valence-electron chi connectivity index (χ4n) is 2.38. The van der Waals surface area contributed by atoms with E-state index in [0.717, 1.165) is 0 Å². The highest BCUT2D eigenvalue weighted by atomic mass is 16.6. The van der Waals surface area contributed by atoms with E-state index in [1.807, 2.05) is 18.7 Å². The lowest BCUT2D eigenvalue weighted by molar-refractivity contribution is 0.105. The maximum Gasteiger partial charge on any atom is 0.409 e. The quantitative estimate of drug-likeness (QED) is 0.639. The zero-order valence-electron chi connectivity index (χ0n) is 15.0. The van der Waals surface area contributed by atoms with Crippen molar-refractivity contribution in [2.24, 2.45) is 0 Å². The Morgan fingerprint density at radius 2 is 1.88 bits per heavy atom. The molecule has 10 nitrogen and oxygen atoms in total. The van der Waals surface area contributed by atoms with E-state index in [9.17, 15) is 4.79 Å². The Balaban J connectivity index is 2.08. The minimum absolute atomic E-state index is 0.00776. The van der Waals surface area contributed by atoms with Crippen molar-refractivity contribution in [3.8, 4) is 0 Å². The largest absolute Gasteiger partial charge is 0.450 e. The van der Waals surface area contributed by atoms with Crippen LogP contribution in [0.1, 0.15) is 20.8 Å². The van der Waals surface area contributed by atoms with E-state index in [0.29, 0.717) is 57.2 Å². The van der Waals surface area contributed by atoms with Gasteiger partial charge in [-0.1, -0.05) is 0 Å². The lowest BCUT2D eigenvalue weighted by Gasteiger charge is -2.34. The summed E-state index contributed by atoms with van der Waals surface area (Å²) in [5.74, 6) is 1.44. The van der Waals surface area contributed by atoms with Crippen molar-refractivity contribution in [2.75, 3.05) is 61.5 Å². The molecule has 10 heteroatoms. The molecule has 3 N–H and O–H groups in total. The number of carbonyl (C=O) groups excluding carboxylic acids is 1. The summed E-state index contributed by atoms with van der Waals surface area (Å²) in [6.45, 7) is 8.86. The van der Waals surface area contributed by atoms with Gasteiger partial charge in [-0.15, -0.1) is 0 Å². The summed E-state index contributed by atoms with van der Waals surface area (Å²) in [5.41, 5.74) is 0. The number of carbonyl (C=O) groups is 1. The third-order valence-electron chi connectivity index (χ3n) is 3.52. The monoisotopic (exact) mass is 353 g/mol. The van der Waals surface area contributed by atoms with E-state index in [1.165, 1.54) is 0 Å². The van der Waals surface area contributed by atoms with Crippen molar-refractivity contribution < 1.29 is 14.6 Å². The first kappa shape index (κ1) is 19.0. The number of piperazine rings is 1. The molecule has 140 valence electrons. The maximum atomic E-state index is 11.8. The van der Waals surface area contributed by atoms with Crippen LogP contribution in [0.2, 0.25) is 0 Å². The van der Waals surface area contributed by atoms with Gasteiger partial charge in [0.2, 0.25) is 17.8 Å². The summed E-state index contributed by atoms with van der Waals surface area (Å²) in [7, 11) is 0. The highest BCUT2D eigenvalue weighted by Crippen LogP contribution is 2.16. The average molecular weight is 353 g/mol. The van der Waals surface area contributed by atoms with Crippen LogP contribution < -0.4 is 15.5 Å². The lowest BCUT2D eigenvalue weighted by Crippen LogP contribution is -2.49. The van der Waals surface area contributed by atoms with Gasteiger partial charge in [0.1, 0.15) is 0 Å². The van der Waals surface area contributed by atoms with Gasteiger partial charge >= 0.3 is 6.09 Å². The molecule has 1 fully saturated rings. The van der Waals surface area contributed by atoms with Crippen LogP contribution >= 0.6 is 0 Å². The van der Waals surface area contributed by atoms with Gasteiger partial charge in [0, 0.05) is 38.8 Å². The van der Waals surface area contributed by atoms with Gasteiger partial charge in [-0.25, -0.2) is 4.79 Å². The number of rotatable bonds is 7. The second kappa shape index (κ2) is 9.21. The number of ether oxygens (including phenoxy) is 1. The number of aliphatic hydroxyl groups is 1.